The van der Waals surface area contributed by atoms with Gasteiger partial charge in [-0.1, -0.05) is 12.8 Å². The Morgan fingerprint density at radius 3 is 2.20 bits per heavy atom. The van der Waals surface area contributed by atoms with E-state index in [4.69, 9.17) is 5.26 Å². The van der Waals surface area contributed by atoms with E-state index in [9.17, 15) is 4.79 Å². The third-order valence-corrected chi connectivity index (χ3v) is 3.98. The normalized spacial score (nSPS) is 26.4. The second kappa shape index (κ2) is 3.52. The fourth-order valence-corrected chi connectivity index (χ4v) is 2.59. The fourth-order valence-electron chi connectivity index (χ4n) is 2.59. The van der Waals surface area contributed by atoms with Gasteiger partial charge in [0.2, 0.25) is 5.91 Å². The van der Waals surface area contributed by atoms with Crippen LogP contribution >= 0.6 is 0 Å². The van der Waals surface area contributed by atoms with Gasteiger partial charge < -0.3 is 5.32 Å². The summed E-state index contributed by atoms with van der Waals surface area (Å²) in [5.41, 5.74) is -0.734. The summed E-state index contributed by atoms with van der Waals surface area (Å²) < 4.78 is 0. The first kappa shape index (κ1) is 10.5. The maximum atomic E-state index is 12.0. The second-order valence-corrected chi connectivity index (χ2v) is 5.27. The maximum Gasteiger partial charge on any atom is 0.240 e. The molecule has 82 valence electrons. The van der Waals surface area contributed by atoms with E-state index in [1.807, 2.05) is 0 Å². The Hall–Kier alpha value is -1.04. The predicted molar refractivity (Wildman–Crippen MR) is 56.9 cm³/mol. The number of hydrogen-bond acceptors (Lipinski definition) is 2. The molecular formula is C12H18N2O. The number of nitrogens with one attached hydrogen (secondary N) is 1. The zero-order valence-corrected chi connectivity index (χ0v) is 9.31. The van der Waals surface area contributed by atoms with Crippen LogP contribution in [-0.2, 0) is 4.79 Å². The molecule has 1 N–H and O–H groups in total. The third kappa shape index (κ3) is 1.73. The summed E-state index contributed by atoms with van der Waals surface area (Å²) in [5, 5.41) is 12.1. The van der Waals surface area contributed by atoms with E-state index in [-0.39, 0.29) is 11.4 Å². The number of nitriles is 1. The molecule has 2 fully saturated rings. The van der Waals surface area contributed by atoms with E-state index in [1.165, 1.54) is 12.8 Å². The van der Waals surface area contributed by atoms with Gasteiger partial charge in [0, 0.05) is 5.54 Å². The Morgan fingerprint density at radius 1 is 1.20 bits per heavy atom. The SMILES string of the molecule is CC1(NC(=O)C2(C#N)CCC2)CCCC1. The summed E-state index contributed by atoms with van der Waals surface area (Å²) in [5.74, 6) is -0.0272. The molecule has 0 heterocycles. The molecule has 2 aliphatic carbocycles. The van der Waals surface area contributed by atoms with Gasteiger partial charge in [-0.2, -0.15) is 5.26 Å². The van der Waals surface area contributed by atoms with Crippen LogP contribution in [0.3, 0.4) is 0 Å². The lowest BCUT2D eigenvalue weighted by Crippen LogP contribution is -2.52. The summed E-state index contributed by atoms with van der Waals surface area (Å²) in [6.45, 7) is 2.10. The van der Waals surface area contributed by atoms with Crippen molar-refractivity contribution in [1.82, 2.24) is 5.32 Å². The molecule has 0 aromatic heterocycles. The lowest BCUT2D eigenvalue weighted by Gasteiger charge is -2.37. The first-order valence-electron chi connectivity index (χ1n) is 5.84. The lowest BCUT2D eigenvalue weighted by molar-refractivity contribution is -0.133. The summed E-state index contributed by atoms with van der Waals surface area (Å²) in [4.78, 5) is 12.0. The van der Waals surface area contributed by atoms with Crippen LogP contribution in [0.4, 0.5) is 0 Å². The molecule has 0 saturated heterocycles. The van der Waals surface area contributed by atoms with Crippen LogP contribution in [-0.4, -0.2) is 11.4 Å². The van der Waals surface area contributed by atoms with Crippen molar-refractivity contribution in [2.45, 2.75) is 57.4 Å². The monoisotopic (exact) mass is 206 g/mol. The average molecular weight is 206 g/mol. The Kier molecular flexibility index (Phi) is 2.46. The van der Waals surface area contributed by atoms with Crippen molar-refractivity contribution in [3.63, 3.8) is 0 Å². The standard InChI is InChI=1S/C12H18N2O/c1-11(5-2-3-6-11)14-10(15)12(9-13)7-4-8-12/h2-8H2,1H3,(H,14,15). The molecule has 0 radical (unpaired) electrons. The number of rotatable bonds is 2. The van der Waals surface area contributed by atoms with Crippen molar-refractivity contribution in [3.05, 3.63) is 0 Å². The van der Waals surface area contributed by atoms with Crippen LogP contribution in [0.5, 0.6) is 0 Å². The molecule has 0 spiro atoms. The maximum absolute atomic E-state index is 12.0. The van der Waals surface area contributed by atoms with Crippen LogP contribution < -0.4 is 5.32 Å². The number of carbonyl (C=O) groups is 1. The highest BCUT2D eigenvalue weighted by atomic mass is 16.2. The van der Waals surface area contributed by atoms with Gasteiger partial charge in [-0.3, -0.25) is 4.79 Å². The van der Waals surface area contributed by atoms with Gasteiger partial charge >= 0.3 is 0 Å². The van der Waals surface area contributed by atoms with Crippen LogP contribution in [0.1, 0.15) is 51.9 Å². The molecule has 2 saturated carbocycles. The molecule has 0 unspecified atom stereocenters. The molecule has 3 heteroatoms. The second-order valence-electron chi connectivity index (χ2n) is 5.27. The summed E-state index contributed by atoms with van der Waals surface area (Å²) in [6.07, 6.45) is 6.99. The quantitative estimate of drug-likeness (QED) is 0.752. The molecule has 1 amide bonds. The highest BCUT2D eigenvalue weighted by Crippen LogP contribution is 2.41. The summed E-state index contributed by atoms with van der Waals surface area (Å²) >= 11 is 0. The predicted octanol–water partition coefficient (Wildman–Crippen LogP) is 2.13. The van der Waals surface area contributed by atoms with Crippen molar-refractivity contribution in [2.24, 2.45) is 5.41 Å². The zero-order valence-electron chi connectivity index (χ0n) is 9.31. The molecule has 3 nitrogen and oxygen atoms in total. The topological polar surface area (TPSA) is 52.9 Å². The first-order chi connectivity index (χ1) is 7.10. The van der Waals surface area contributed by atoms with Crippen molar-refractivity contribution >= 4 is 5.91 Å². The minimum atomic E-state index is -0.689. The highest BCUT2D eigenvalue weighted by molar-refractivity contribution is 5.86. The molecule has 2 rings (SSSR count). The first-order valence-corrected chi connectivity index (χ1v) is 5.84. The van der Waals surface area contributed by atoms with Gasteiger partial charge in [0.25, 0.3) is 0 Å². The average Bonchev–Trinajstić information content (AvgIpc) is 2.50. The van der Waals surface area contributed by atoms with E-state index in [1.54, 1.807) is 0 Å². The van der Waals surface area contributed by atoms with Crippen LogP contribution in [0.2, 0.25) is 0 Å². The van der Waals surface area contributed by atoms with Gasteiger partial charge in [-0.15, -0.1) is 0 Å². The number of hydrogen-bond donors (Lipinski definition) is 1. The minimum Gasteiger partial charge on any atom is -0.350 e. The molecule has 15 heavy (non-hydrogen) atoms. The number of carbonyl (C=O) groups excluding carboxylic acids is 1. The molecule has 0 aromatic rings. The number of nitrogens with zero attached hydrogens (tertiary/aromatic N) is 1. The Bertz CT molecular complexity index is 306. The van der Waals surface area contributed by atoms with Gasteiger partial charge in [0.1, 0.15) is 5.41 Å². The van der Waals surface area contributed by atoms with Crippen molar-refractivity contribution in [2.75, 3.05) is 0 Å². The van der Waals surface area contributed by atoms with Crippen molar-refractivity contribution in [3.8, 4) is 6.07 Å². The van der Waals surface area contributed by atoms with E-state index in [2.05, 4.69) is 18.3 Å². The smallest absolute Gasteiger partial charge is 0.240 e. The fraction of sp³-hybridized carbons (Fsp3) is 0.833. The van der Waals surface area contributed by atoms with Gasteiger partial charge in [-0.25, -0.2) is 0 Å². The van der Waals surface area contributed by atoms with Gasteiger partial charge in [0.15, 0.2) is 0 Å². The van der Waals surface area contributed by atoms with Gasteiger partial charge in [-0.05, 0) is 39.0 Å². The summed E-state index contributed by atoms with van der Waals surface area (Å²) in [7, 11) is 0. The van der Waals surface area contributed by atoms with Crippen LogP contribution in [0.15, 0.2) is 0 Å². The minimum absolute atomic E-state index is 0.0272. The Morgan fingerprint density at radius 2 is 1.80 bits per heavy atom. The van der Waals surface area contributed by atoms with Crippen LogP contribution in [0, 0.1) is 16.7 Å². The van der Waals surface area contributed by atoms with Gasteiger partial charge in [0.05, 0.1) is 6.07 Å². The molecular weight excluding hydrogens is 188 g/mol. The van der Waals surface area contributed by atoms with Crippen LogP contribution in [0.25, 0.3) is 0 Å². The zero-order chi connectivity index (χ0) is 10.9. The molecule has 0 bridgehead atoms. The van der Waals surface area contributed by atoms with Crippen molar-refractivity contribution < 1.29 is 4.79 Å². The molecule has 0 aliphatic heterocycles. The third-order valence-electron chi connectivity index (χ3n) is 3.98. The number of amides is 1. The van der Waals surface area contributed by atoms with E-state index in [0.29, 0.717) is 0 Å². The lowest BCUT2D eigenvalue weighted by atomic mass is 9.69. The molecule has 0 atom stereocenters. The van der Waals surface area contributed by atoms with Crippen molar-refractivity contribution in [1.29, 1.82) is 5.26 Å². The van der Waals surface area contributed by atoms with E-state index in [0.717, 1.165) is 32.1 Å². The Balaban J connectivity index is 2.00. The molecule has 2 aliphatic rings. The molecule has 0 aromatic carbocycles. The van der Waals surface area contributed by atoms with E-state index < -0.39 is 5.41 Å². The Labute approximate surface area is 90.8 Å². The largest absolute Gasteiger partial charge is 0.350 e. The summed E-state index contributed by atoms with van der Waals surface area (Å²) in [6, 6.07) is 2.19. The highest BCUT2D eigenvalue weighted by Gasteiger charge is 2.46. The van der Waals surface area contributed by atoms with E-state index >= 15 is 0 Å².